The molecule has 2 heterocycles. The van der Waals surface area contributed by atoms with Gasteiger partial charge in [0.15, 0.2) is 5.96 Å². The molecule has 0 spiro atoms. The van der Waals surface area contributed by atoms with Gasteiger partial charge in [-0.05, 0) is 39.0 Å². The number of carbonyl (C=O) groups excluding carboxylic acids is 1. The molecule has 0 saturated carbocycles. The van der Waals surface area contributed by atoms with E-state index in [1.54, 1.807) is 0 Å². The van der Waals surface area contributed by atoms with Crippen molar-refractivity contribution in [3.8, 4) is 0 Å². The van der Waals surface area contributed by atoms with Crippen molar-refractivity contribution in [2.24, 2.45) is 10.4 Å². The van der Waals surface area contributed by atoms with Crippen molar-refractivity contribution in [2.45, 2.75) is 39.0 Å². The summed E-state index contributed by atoms with van der Waals surface area (Å²) in [5, 5.41) is 15.8. The maximum atomic E-state index is 12.2. The minimum atomic E-state index is -0.0399. The Morgan fingerprint density at radius 3 is 2.64 bits per heavy atom. The predicted octanol–water partition coefficient (Wildman–Crippen LogP) is 0.961. The van der Waals surface area contributed by atoms with Crippen molar-refractivity contribution in [1.82, 2.24) is 15.5 Å². The van der Waals surface area contributed by atoms with Gasteiger partial charge in [0.2, 0.25) is 5.91 Å². The molecule has 0 aromatic rings. The van der Waals surface area contributed by atoms with Crippen LogP contribution in [0.3, 0.4) is 0 Å². The summed E-state index contributed by atoms with van der Waals surface area (Å²) >= 11 is 0. The van der Waals surface area contributed by atoms with E-state index in [0.29, 0.717) is 25.5 Å². The highest BCUT2D eigenvalue weighted by Crippen LogP contribution is 2.31. The van der Waals surface area contributed by atoms with E-state index in [4.69, 9.17) is 4.74 Å². The van der Waals surface area contributed by atoms with Gasteiger partial charge in [0.1, 0.15) is 6.54 Å². The van der Waals surface area contributed by atoms with Gasteiger partial charge in [0, 0.05) is 44.8 Å². The number of aliphatic hydroxyl groups is 1. The number of hydrogen-bond donors (Lipinski definition) is 3. The zero-order chi connectivity index (χ0) is 17.3. The van der Waals surface area contributed by atoms with Crippen LogP contribution >= 0.6 is 24.0 Å². The number of aliphatic hydroxyl groups excluding tert-OH is 1. The molecule has 0 aromatic carbocycles. The van der Waals surface area contributed by atoms with Gasteiger partial charge in [-0.15, -0.1) is 24.0 Å². The van der Waals surface area contributed by atoms with E-state index in [-0.39, 0.29) is 48.5 Å². The molecule has 2 rings (SSSR count). The Morgan fingerprint density at radius 1 is 1.28 bits per heavy atom. The van der Waals surface area contributed by atoms with Gasteiger partial charge in [0.25, 0.3) is 0 Å². The van der Waals surface area contributed by atoms with E-state index in [2.05, 4.69) is 15.6 Å². The van der Waals surface area contributed by atoms with Crippen LogP contribution in [0.5, 0.6) is 0 Å². The third-order valence-electron chi connectivity index (χ3n) is 4.88. The molecule has 1 unspecified atom stereocenters. The van der Waals surface area contributed by atoms with Crippen LogP contribution in [0.4, 0.5) is 0 Å². The minimum absolute atomic E-state index is 0. The number of guanidine groups is 1. The Morgan fingerprint density at radius 2 is 2.04 bits per heavy atom. The monoisotopic (exact) mass is 468 g/mol. The summed E-state index contributed by atoms with van der Waals surface area (Å²) in [5.74, 6) is 0.758. The topological polar surface area (TPSA) is 86.2 Å². The van der Waals surface area contributed by atoms with Gasteiger partial charge >= 0.3 is 0 Å². The third kappa shape index (κ3) is 7.26. The van der Waals surface area contributed by atoms with E-state index in [1.165, 1.54) is 6.42 Å². The molecule has 0 bridgehead atoms. The molecule has 2 fully saturated rings. The molecule has 0 aromatic heterocycles. The zero-order valence-electron chi connectivity index (χ0n) is 15.3. The van der Waals surface area contributed by atoms with Gasteiger partial charge in [-0.3, -0.25) is 4.79 Å². The highest BCUT2D eigenvalue weighted by molar-refractivity contribution is 14.0. The lowest BCUT2D eigenvalue weighted by molar-refractivity contribution is -0.130. The summed E-state index contributed by atoms with van der Waals surface area (Å²) in [6, 6.07) is 0. The molecule has 25 heavy (non-hydrogen) atoms. The summed E-state index contributed by atoms with van der Waals surface area (Å²) in [6.07, 6.45) is 5.06. The van der Waals surface area contributed by atoms with Gasteiger partial charge in [-0.1, -0.05) is 0 Å². The number of nitrogens with one attached hydrogen (secondary N) is 2. The van der Waals surface area contributed by atoms with Gasteiger partial charge in [0.05, 0.1) is 6.61 Å². The number of ether oxygens (including phenoxy) is 1. The normalized spacial score (nSPS) is 23.9. The number of halogens is 1. The van der Waals surface area contributed by atoms with Crippen molar-refractivity contribution in [1.29, 1.82) is 0 Å². The largest absolute Gasteiger partial charge is 0.396 e. The fraction of sp³-hybridized carbons (Fsp3) is 0.882. The van der Waals surface area contributed by atoms with Crippen molar-refractivity contribution in [3.05, 3.63) is 0 Å². The van der Waals surface area contributed by atoms with E-state index in [0.717, 1.165) is 45.5 Å². The Bertz CT molecular complexity index is 422. The standard InChI is InChI=1S/C17H32N4O3.HI/c1-2-18-16(19-12-15(23)21-8-4-3-5-9-21)20-13-17(6-10-22)7-11-24-14-17;/h22H,2-14H2,1H3,(H2,18,19,20);1H. The van der Waals surface area contributed by atoms with Crippen LogP contribution in [0.25, 0.3) is 0 Å². The Balaban J connectivity index is 0.00000312. The highest BCUT2D eigenvalue weighted by Gasteiger charge is 2.34. The van der Waals surface area contributed by atoms with Gasteiger partial charge in [-0.2, -0.15) is 0 Å². The van der Waals surface area contributed by atoms with Crippen LogP contribution in [-0.2, 0) is 9.53 Å². The van der Waals surface area contributed by atoms with Gasteiger partial charge in [-0.25, -0.2) is 4.99 Å². The maximum Gasteiger partial charge on any atom is 0.244 e. The highest BCUT2D eigenvalue weighted by atomic mass is 127. The molecule has 2 aliphatic heterocycles. The summed E-state index contributed by atoms with van der Waals surface area (Å²) < 4.78 is 5.51. The molecule has 1 atom stereocenters. The van der Waals surface area contributed by atoms with Crippen molar-refractivity contribution >= 4 is 35.8 Å². The van der Waals surface area contributed by atoms with E-state index >= 15 is 0 Å². The molecule has 3 N–H and O–H groups in total. The van der Waals surface area contributed by atoms with Crippen LogP contribution in [0.15, 0.2) is 4.99 Å². The second-order valence-electron chi connectivity index (χ2n) is 6.77. The number of nitrogens with zero attached hydrogens (tertiary/aromatic N) is 2. The van der Waals surface area contributed by atoms with E-state index in [9.17, 15) is 9.90 Å². The molecule has 7 nitrogen and oxygen atoms in total. The number of amides is 1. The molecular weight excluding hydrogens is 435 g/mol. The van der Waals surface area contributed by atoms with Crippen LogP contribution in [0.2, 0.25) is 0 Å². The third-order valence-corrected chi connectivity index (χ3v) is 4.88. The van der Waals surface area contributed by atoms with Crippen LogP contribution in [0, 0.1) is 5.41 Å². The van der Waals surface area contributed by atoms with Gasteiger partial charge < -0.3 is 25.4 Å². The average molecular weight is 468 g/mol. The minimum Gasteiger partial charge on any atom is -0.396 e. The van der Waals surface area contributed by atoms with E-state index in [1.807, 2.05) is 11.8 Å². The van der Waals surface area contributed by atoms with Crippen LogP contribution in [0.1, 0.15) is 39.0 Å². The number of piperidine rings is 1. The van der Waals surface area contributed by atoms with Crippen molar-refractivity contribution in [2.75, 3.05) is 52.5 Å². The lowest BCUT2D eigenvalue weighted by Crippen LogP contribution is -2.45. The van der Waals surface area contributed by atoms with Crippen molar-refractivity contribution < 1.29 is 14.6 Å². The molecule has 0 aliphatic carbocycles. The quantitative estimate of drug-likeness (QED) is 0.295. The second-order valence-corrected chi connectivity index (χ2v) is 6.77. The number of likely N-dealkylation sites (tertiary alicyclic amines) is 1. The molecule has 146 valence electrons. The first-order valence-corrected chi connectivity index (χ1v) is 9.18. The SMILES string of the molecule is CCNC(=NCC(=O)N1CCCCC1)NCC1(CCO)CCOC1.I. The number of aliphatic imine (C=N–C) groups is 1. The summed E-state index contributed by atoms with van der Waals surface area (Å²) in [4.78, 5) is 18.6. The lowest BCUT2D eigenvalue weighted by atomic mass is 9.84. The summed E-state index contributed by atoms with van der Waals surface area (Å²) in [6.45, 7) is 6.89. The Labute approximate surface area is 168 Å². The second kappa shape index (κ2) is 11.9. The maximum absolute atomic E-state index is 12.2. The fourth-order valence-electron chi connectivity index (χ4n) is 3.31. The first-order chi connectivity index (χ1) is 11.7. The first-order valence-electron chi connectivity index (χ1n) is 9.18. The molecular formula is C17H33IN4O3. The summed E-state index contributed by atoms with van der Waals surface area (Å²) in [5.41, 5.74) is -0.0399. The Hall–Kier alpha value is -0.610. The number of carbonyl (C=O) groups is 1. The molecule has 2 aliphatic rings. The number of rotatable bonds is 7. The Kier molecular flexibility index (Phi) is 10.7. The molecule has 0 radical (unpaired) electrons. The molecule has 8 heteroatoms. The lowest BCUT2D eigenvalue weighted by Gasteiger charge is -2.28. The van der Waals surface area contributed by atoms with Crippen LogP contribution in [-0.4, -0.2) is 74.4 Å². The summed E-state index contributed by atoms with van der Waals surface area (Å²) in [7, 11) is 0. The molecule has 1 amide bonds. The average Bonchev–Trinajstić information content (AvgIpc) is 3.07. The van der Waals surface area contributed by atoms with Crippen molar-refractivity contribution in [3.63, 3.8) is 0 Å². The molecule has 2 saturated heterocycles. The first kappa shape index (κ1) is 22.4. The number of hydrogen-bond acceptors (Lipinski definition) is 4. The smallest absolute Gasteiger partial charge is 0.244 e. The fourth-order valence-corrected chi connectivity index (χ4v) is 3.31. The predicted molar refractivity (Wildman–Crippen MR) is 109 cm³/mol. The van der Waals surface area contributed by atoms with Crippen LogP contribution < -0.4 is 10.6 Å². The zero-order valence-corrected chi connectivity index (χ0v) is 17.6. The van der Waals surface area contributed by atoms with E-state index < -0.39 is 0 Å².